The third kappa shape index (κ3) is 5.85. The minimum atomic E-state index is -0.306. The molecule has 33 heavy (non-hydrogen) atoms. The zero-order valence-corrected chi connectivity index (χ0v) is 18.7. The lowest BCUT2D eigenvalue weighted by molar-refractivity contribution is -0.117. The first-order valence-corrected chi connectivity index (χ1v) is 10.6. The van der Waals surface area contributed by atoms with Gasteiger partial charge in [-0.15, -0.1) is 5.10 Å². The van der Waals surface area contributed by atoms with Gasteiger partial charge in [0.2, 0.25) is 11.7 Å². The van der Waals surface area contributed by atoms with Crippen molar-refractivity contribution < 1.29 is 18.3 Å². The second-order valence-electron chi connectivity index (χ2n) is 8.85. The fourth-order valence-corrected chi connectivity index (χ4v) is 3.20. The van der Waals surface area contributed by atoms with E-state index in [1.807, 2.05) is 45.0 Å². The number of furan rings is 1. The van der Waals surface area contributed by atoms with Crippen LogP contribution in [0.3, 0.4) is 0 Å². The van der Waals surface area contributed by atoms with Crippen molar-refractivity contribution >= 4 is 11.6 Å². The summed E-state index contributed by atoms with van der Waals surface area (Å²) in [5.41, 5.74) is 2.12. The van der Waals surface area contributed by atoms with E-state index in [-0.39, 0.29) is 29.8 Å². The molecule has 0 spiro atoms. The Labute approximate surface area is 191 Å². The number of nitrogens with zero attached hydrogens (tertiary/aromatic N) is 3. The van der Waals surface area contributed by atoms with Crippen LogP contribution in [0.15, 0.2) is 71.3 Å². The summed E-state index contributed by atoms with van der Waals surface area (Å²) < 4.78 is 26.0. The van der Waals surface area contributed by atoms with Crippen LogP contribution in [0.4, 0.5) is 10.1 Å². The molecule has 7 nitrogen and oxygen atoms in total. The summed E-state index contributed by atoms with van der Waals surface area (Å²) in [4.78, 5) is 16.7. The smallest absolute Gasteiger partial charge is 0.336 e. The average Bonchev–Trinajstić information content (AvgIpc) is 3.42. The van der Waals surface area contributed by atoms with Crippen molar-refractivity contribution in [3.63, 3.8) is 0 Å². The highest BCUT2D eigenvalue weighted by Crippen LogP contribution is 2.25. The number of hydrogen-bond acceptors (Lipinski definition) is 5. The molecule has 2 aromatic heterocycles. The van der Waals surface area contributed by atoms with Crippen molar-refractivity contribution in [2.45, 2.75) is 33.8 Å². The van der Waals surface area contributed by atoms with E-state index in [1.54, 1.807) is 35.2 Å². The highest BCUT2D eigenvalue weighted by atomic mass is 19.1. The molecule has 4 rings (SSSR count). The van der Waals surface area contributed by atoms with E-state index >= 15 is 0 Å². The first-order chi connectivity index (χ1) is 15.8. The summed E-state index contributed by atoms with van der Waals surface area (Å²) in [5, 5.41) is 7.38. The second-order valence-corrected chi connectivity index (χ2v) is 8.85. The van der Waals surface area contributed by atoms with Crippen LogP contribution >= 0.6 is 0 Å². The molecule has 170 valence electrons. The van der Waals surface area contributed by atoms with E-state index in [1.165, 1.54) is 12.1 Å². The van der Waals surface area contributed by atoms with Crippen molar-refractivity contribution in [1.29, 1.82) is 0 Å². The third-order valence-electron chi connectivity index (χ3n) is 4.70. The number of aromatic nitrogens is 3. The Morgan fingerprint density at radius 3 is 2.45 bits per heavy atom. The van der Waals surface area contributed by atoms with Gasteiger partial charge in [-0.25, -0.2) is 9.07 Å². The topological polar surface area (TPSA) is 82.2 Å². The summed E-state index contributed by atoms with van der Waals surface area (Å²) >= 11 is 0. The van der Waals surface area contributed by atoms with Crippen molar-refractivity contribution in [1.82, 2.24) is 14.8 Å². The standard InChI is InChI=1S/C25H25FN4O3/c1-25(2,3)15-22(31)27-19-10-12-20(13-11-19)30-23(21-5-4-14-32-21)28-24(29-30)33-16-17-6-8-18(26)9-7-17/h4-14H,15-16H2,1-3H3,(H,27,31). The maximum absolute atomic E-state index is 13.1. The number of carbonyl (C=O) groups is 1. The number of ether oxygens (including phenoxy) is 1. The number of carbonyl (C=O) groups excluding carboxylic acids is 1. The molecule has 0 radical (unpaired) electrons. The minimum absolute atomic E-state index is 0.0382. The molecule has 0 aliphatic rings. The number of rotatable bonds is 7. The zero-order valence-electron chi connectivity index (χ0n) is 18.7. The summed E-state index contributed by atoms with van der Waals surface area (Å²) in [7, 11) is 0. The molecule has 1 amide bonds. The molecule has 2 aromatic carbocycles. The lowest BCUT2D eigenvalue weighted by Gasteiger charge is -2.17. The van der Waals surface area contributed by atoms with Crippen LogP contribution in [0.5, 0.6) is 6.01 Å². The first-order valence-electron chi connectivity index (χ1n) is 10.6. The van der Waals surface area contributed by atoms with Crippen LogP contribution in [0.25, 0.3) is 17.3 Å². The molecule has 4 aromatic rings. The maximum Gasteiger partial charge on any atom is 0.336 e. The average molecular weight is 448 g/mol. The fraction of sp³-hybridized carbons (Fsp3) is 0.240. The van der Waals surface area contributed by atoms with Crippen molar-refractivity contribution in [2.75, 3.05) is 5.32 Å². The van der Waals surface area contributed by atoms with Gasteiger partial charge in [-0.2, -0.15) is 4.98 Å². The number of nitrogens with one attached hydrogen (secondary N) is 1. The Morgan fingerprint density at radius 2 is 1.82 bits per heavy atom. The Bertz CT molecular complexity index is 1210. The van der Waals surface area contributed by atoms with Gasteiger partial charge in [0.15, 0.2) is 5.76 Å². The molecule has 0 aliphatic heterocycles. The largest absolute Gasteiger partial charge is 0.461 e. The van der Waals surface area contributed by atoms with Gasteiger partial charge in [0.25, 0.3) is 0 Å². The van der Waals surface area contributed by atoms with Gasteiger partial charge in [0.05, 0.1) is 12.0 Å². The second kappa shape index (κ2) is 9.28. The molecule has 0 fully saturated rings. The van der Waals surface area contributed by atoms with Gasteiger partial charge in [-0.3, -0.25) is 4.79 Å². The summed E-state index contributed by atoms with van der Waals surface area (Å²) in [6.07, 6.45) is 1.98. The Hall–Kier alpha value is -3.94. The van der Waals surface area contributed by atoms with Crippen LogP contribution in [0.1, 0.15) is 32.8 Å². The maximum atomic E-state index is 13.1. The Morgan fingerprint density at radius 1 is 1.09 bits per heavy atom. The van der Waals surface area contributed by atoms with Gasteiger partial charge >= 0.3 is 6.01 Å². The molecule has 0 saturated carbocycles. The van der Waals surface area contributed by atoms with Gasteiger partial charge in [0.1, 0.15) is 12.4 Å². The SMILES string of the molecule is CC(C)(C)CC(=O)Nc1ccc(-n2nc(OCc3ccc(F)cc3)nc2-c2ccco2)cc1. The van der Waals surface area contributed by atoms with Crippen molar-refractivity contribution in [3.8, 4) is 23.3 Å². The molecule has 1 N–H and O–H groups in total. The number of hydrogen-bond donors (Lipinski definition) is 1. The molecule has 0 unspecified atom stereocenters. The Kier molecular flexibility index (Phi) is 6.26. The lowest BCUT2D eigenvalue weighted by Crippen LogP contribution is -2.19. The third-order valence-corrected chi connectivity index (χ3v) is 4.70. The van der Waals surface area contributed by atoms with Crippen LogP contribution in [0, 0.1) is 11.2 Å². The summed E-state index contributed by atoms with van der Waals surface area (Å²) in [6.45, 7) is 6.26. The van der Waals surface area contributed by atoms with Crippen molar-refractivity contribution in [3.05, 3.63) is 78.3 Å². The van der Waals surface area contributed by atoms with Gasteiger partial charge in [-0.1, -0.05) is 32.9 Å². The number of amides is 1. The molecule has 0 bridgehead atoms. The lowest BCUT2D eigenvalue weighted by atomic mass is 9.92. The number of halogens is 1. The van der Waals surface area contributed by atoms with E-state index in [9.17, 15) is 9.18 Å². The van der Waals surface area contributed by atoms with E-state index in [0.717, 1.165) is 11.3 Å². The molecule has 0 atom stereocenters. The van der Waals surface area contributed by atoms with Gasteiger partial charge in [0, 0.05) is 12.1 Å². The van der Waals surface area contributed by atoms with E-state index < -0.39 is 0 Å². The minimum Gasteiger partial charge on any atom is -0.461 e. The Balaban J connectivity index is 1.54. The summed E-state index contributed by atoms with van der Waals surface area (Å²) in [5.74, 6) is 0.656. The van der Waals surface area contributed by atoms with Crippen LogP contribution in [-0.4, -0.2) is 20.7 Å². The van der Waals surface area contributed by atoms with Crippen LogP contribution < -0.4 is 10.1 Å². The quantitative estimate of drug-likeness (QED) is 0.397. The summed E-state index contributed by atoms with van der Waals surface area (Å²) in [6, 6.07) is 17.0. The molecular formula is C25H25FN4O3. The number of anilines is 1. The van der Waals surface area contributed by atoms with E-state index in [0.29, 0.717) is 23.7 Å². The highest BCUT2D eigenvalue weighted by Gasteiger charge is 2.18. The predicted molar refractivity (Wildman–Crippen MR) is 122 cm³/mol. The monoisotopic (exact) mass is 448 g/mol. The van der Waals surface area contributed by atoms with Crippen LogP contribution in [0.2, 0.25) is 0 Å². The highest BCUT2D eigenvalue weighted by molar-refractivity contribution is 5.91. The molecule has 0 saturated heterocycles. The van der Waals surface area contributed by atoms with Gasteiger partial charge in [-0.05, 0) is 59.5 Å². The van der Waals surface area contributed by atoms with E-state index in [4.69, 9.17) is 9.15 Å². The predicted octanol–water partition coefficient (Wildman–Crippen LogP) is 5.62. The first kappa shape index (κ1) is 22.3. The fourth-order valence-electron chi connectivity index (χ4n) is 3.20. The molecule has 0 aliphatic carbocycles. The molecule has 2 heterocycles. The molecule has 8 heteroatoms. The number of benzene rings is 2. The van der Waals surface area contributed by atoms with Crippen LogP contribution in [-0.2, 0) is 11.4 Å². The zero-order chi connectivity index (χ0) is 23.4. The van der Waals surface area contributed by atoms with Crippen molar-refractivity contribution in [2.24, 2.45) is 5.41 Å². The molecular weight excluding hydrogens is 423 g/mol. The van der Waals surface area contributed by atoms with Gasteiger partial charge < -0.3 is 14.5 Å². The van der Waals surface area contributed by atoms with E-state index in [2.05, 4.69) is 15.4 Å². The normalized spacial score (nSPS) is 11.4.